The molecule has 1 heterocycles. The topological polar surface area (TPSA) is 91.6 Å². The highest BCUT2D eigenvalue weighted by atomic mass is 79.9. The Hall–Kier alpha value is -1.70. The van der Waals surface area contributed by atoms with Gasteiger partial charge in [0.2, 0.25) is 5.75 Å². The van der Waals surface area contributed by atoms with E-state index in [4.69, 9.17) is 4.74 Å². The van der Waals surface area contributed by atoms with Crippen molar-refractivity contribution in [3.63, 3.8) is 0 Å². The van der Waals surface area contributed by atoms with E-state index in [1.54, 1.807) is 13.8 Å². The maximum Gasteiger partial charge on any atom is 0.347 e. The van der Waals surface area contributed by atoms with Gasteiger partial charge in [-0.25, -0.2) is 4.79 Å². The fourth-order valence-electron chi connectivity index (χ4n) is 1.36. The third-order valence-corrected chi connectivity index (χ3v) is 2.88. The number of halogens is 1. The van der Waals surface area contributed by atoms with Gasteiger partial charge in [-0.1, -0.05) is 13.8 Å². The van der Waals surface area contributed by atoms with Crippen molar-refractivity contribution in [2.75, 3.05) is 7.11 Å². The fourth-order valence-corrected chi connectivity index (χ4v) is 1.77. The minimum atomic E-state index is -0.928. The SMILES string of the molecule is COC(=O)C(Oc1c(Br)cncc1[N+](=O)[O-])C(C)C. The summed E-state index contributed by atoms with van der Waals surface area (Å²) in [5, 5.41) is 10.9. The highest BCUT2D eigenvalue weighted by molar-refractivity contribution is 9.10. The van der Waals surface area contributed by atoms with Crippen LogP contribution in [0.15, 0.2) is 16.9 Å². The lowest BCUT2D eigenvalue weighted by molar-refractivity contribution is -0.386. The molecule has 0 spiro atoms. The standard InChI is InChI=1S/C11H13BrN2O5/c1-6(2)9(11(15)18-3)19-10-7(12)4-13-5-8(10)14(16)17/h4-6,9H,1-3H3. The molecule has 1 aromatic heterocycles. The quantitative estimate of drug-likeness (QED) is 0.466. The van der Waals surface area contributed by atoms with Crippen LogP contribution in [0.4, 0.5) is 5.69 Å². The molecule has 8 heteroatoms. The zero-order chi connectivity index (χ0) is 14.6. The van der Waals surface area contributed by atoms with Gasteiger partial charge in [0, 0.05) is 12.1 Å². The summed E-state index contributed by atoms with van der Waals surface area (Å²) in [7, 11) is 1.23. The maximum absolute atomic E-state index is 11.6. The smallest absolute Gasteiger partial charge is 0.347 e. The summed E-state index contributed by atoms with van der Waals surface area (Å²) in [6.45, 7) is 3.50. The Balaban J connectivity index is 3.16. The van der Waals surface area contributed by atoms with Crippen LogP contribution in [-0.2, 0) is 9.53 Å². The van der Waals surface area contributed by atoms with Crippen molar-refractivity contribution in [2.45, 2.75) is 20.0 Å². The summed E-state index contributed by atoms with van der Waals surface area (Å²) >= 11 is 3.12. The largest absolute Gasteiger partial charge is 0.470 e. The van der Waals surface area contributed by atoms with E-state index in [0.717, 1.165) is 6.20 Å². The molecular formula is C11H13BrN2O5. The molecule has 0 N–H and O–H groups in total. The number of esters is 1. The first-order valence-electron chi connectivity index (χ1n) is 5.40. The first-order valence-corrected chi connectivity index (χ1v) is 6.20. The van der Waals surface area contributed by atoms with Crippen LogP contribution in [0.2, 0.25) is 0 Å². The Bertz CT molecular complexity index is 492. The second-order valence-electron chi connectivity index (χ2n) is 4.03. The van der Waals surface area contributed by atoms with E-state index in [0.29, 0.717) is 4.47 Å². The van der Waals surface area contributed by atoms with Crippen molar-refractivity contribution in [1.82, 2.24) is 4.98 Å². The van der Waals surface area contributed by atoms with Gasteiger partial charge in [0.25, 0.3) is 0 Å². The molecule has 0 aliphatic carbocycles. The first-order chi connectivity index (χ1) is 8.88. The van der Waals surface area contributed by atoms with E-state index < -0.39 is 17.0 Å². The van der Waals surface area contributed by atoms with Crippen LogP contribution in [0.5, 0.6) is 5.75 Å². The second-order valence-corrected chi connectivity index (χ2v) is 4.89. The number of carbonyl (C=O) groups excluding carboxylic acids is 1. The summed E-state index contributed by atoms with van der Waals surface area (Å²) in [5.74, 6) is -0.829. The monoisotopic (exact) mass is 332 g/mol. The minimum absolute atomic E-state index is 0.0379. The molecule has 0 aliphatic rings. The number of ether oxygens (including phenoxy) is 2. The van der Waals surface area contributed by atoms with Gasteiger partial charge in [0.1, 0.15) is 6.20 Å². The average Bonchev–Trinajstić information content (AvgIpc) is 2.35. The lowest BCUT2D eigenvalue weighted by Gasteiger charge is -2.20. The van der Waals surface area contributed by atoms with Crippen LogP contribution in [0.3, 0.4) is 0 Å². The summed E-state index contributed by atoms with van der Waals surface area (Å²) in [6.07, 6.45) is 1.49. The molecule has 7 nitrogen and oxygen atoms in total. The molecule has 0 bridgehead atoms. The molecule has 0 fully saturated rings. The number of hydrogen-bond acceptors (Lipinski definition) is 6. The van der Waals surface area contributed by atoms with Crippen LogP contribution >= 0.6 is 15.9 Å². The highest BCUT2D eigenvalue weighted by Crippen LogP contribution is 2.35. The number of nitrogens with zero attached hydrogens (tertiary/aromatic N) is 2. The maximum atomic E-state index is 11.6. The molecule has 1 aromatic rings. The van der Waals surface area contributed by atoms with Crippen molar-refractivity contribution in [3.05, 3.63) is 27.0 Å². The molecule has 0 saturated carbocycles. The Morgan fingerprint density at radius 1 is 1.47 bits per heavy atom. The lowest BCUT2D eigenvalue weighted by atomic mass is 10.1. The van der Waals surface area contributed by atoms with Crippen molar-refractivity contribution >= 4 is 27.6 Å². The third kappa shape index (κ3) is 3.63. The Morgan fingerprint density at radius 2 is 2.11 bits per heavy atom. The molecule has 0 aliphatic heterocycles. The molecule has 0 saturated heterocycles. The van der Waals surface area contributed by atoms with Crippen molar-refractivity contribution in [3.8, 4) is 5.75 Å². The molecule has 1 rings (SSSR count). The Morgan fingerprint density at radius 3 is 2.58 bits per heavy atom. The number of carbonyl (C=O) groups is 1. The predicted octanol–water partition coefficient (Wildman–Crippen LogP) is 2.33. The summed E-state index contributed by atoms with van der Waals surface area (Å²) in [6, 6.07) is 0. The molecule has 0 amide bonds. The van der Waals surface area contributed by atoms with Gasteiger partial charge < -0.3 is 9.47 Å². The molecule has 1 unspecified atom stereocenters. The van der Waals surface area contributed by atoms with Gasteiger partial charge >= 0.3 is 11.7 Å². The number of rotatable bonds is 5. The van der Waals surface area contributed by atoms with Crippen LogP contribution < -0.4 is 4.74 Å². The number of aromatic nitrogens is 1. The zero-order valence-corrected chi connectivity index (χ0v) is 12.2. The molecule has 19 heavy (non-hydrogen) atoms. The number of nitro groups is 1. The lowest BCUT2D eigenvalue weighted by Crippen LogP contribution is -2.33. The van der Waals surface area contributed by atoms with Gasteiger partial charge in [0.05, 0.1) is 16.5 Å². The normalized spacial score (nSPS) is 12.1. The van der Waals surface area contributed by atoms with Crippen molar-refractivity contribution < 1.29 is 19.2 Å². The van der Waals surface area contributed by atoms with Crippen LogP contribution in [0, 0.1) is 16.0 Å². The number of pyridine rings is 1. The predicted molar refractivity (Wildman–Crippen MR) is 69.9 cm³/mol. The van der Waals surface area contributed by atoms with Gasteiger partial charge in [-0.15, -0.1) is 0 Å². The average molecular weight is 333 g/mol. The number of methoxy groups -OCH3 is 1. The van der Waals surface area contributed by atoms with Gasteiger partial charge in [0.15, 0.2) is 6.10 Å². The Labute approximate surface area is 118 Å². The van der Waals surface area contributed by atoms with Crippen molar-refractivity contribution in [2.24, 2.45) is 5.92 Å². The van der Waals surface area contributed by atoms with Crippen LogP contribution in [0.25, 0.3) is 0 Å². The summed E-state index contributed by atoms with van der Waals surface area (Å²) in [5.41, 5.74) is -0.316. The molecular weight excluding hydrogens is 320 g/mol. The van der Waals surface area contributed by atoms with E-state index >= 15 is 0 Å². The third-order valence-electron chi connectivity index (χ3n) is 2.31. The summed E-state index contributed by atoms with van der Waals surface area (Å²) < 4.78 is 10.4. The molecule has 104 valence electrons. The molecule has 1 atom stereocenters. The van der Waals surface area contributed by atoms with Crippen LogP contribution in [0.1, 0.15) is 13.8 Å². The first kappa shape index (κ1) is 15.4. The fraction of sp³-hybridized carbons (Fsp3) is 0.455. The Kier molecular flexibility index (Phi) is 5.22. The van der Waals surface area contributed by atoms with Crippen molar-refractivity contribution in [1.29, 1.82) is 0 Å². The van der Waals surface area contributed by atoms with Gasteiger partial charge in [-0.2, -0.15) is 0 Å². The van der Waals surface area contributed by atoms with E-state index in [9.17, 15) is 14.9 Å². The molecule has 0 radical (unpaired) electrons. The molecule has 0 aromatic carbocycles. The van der Waals surface area contributed by atoms with Gasteiger partial charge in [-0.3, -0.25) is 15.1 Å². The van der Waals surface area contributed by atoms with E-state index in [1.807, 2.05) is 0 Å². The number of hydrogen-bond donors (Lipinski definition) is 0. The van der Waals surface area contributed by atoms with E-state index in [2.05, 4.69) is 25.7 Å². The van der Waals surface area contributed by atoms with E-state index in [1.165, 1.54) is 13.3 Å². The van der Waals surface area contributed by atoms with Gasteiger partial charge in [-0.05, 0) is 15.9 Å². The minimum Gasteiger partial charge on any atom is -0.470 e. The van der Waals surface area contributed by atoms with E-state index in [-0.39, 0.29) is 17.4 Å². The highest BCUT2D eigenvalue weighted by Gasteiger charge is 2.29. The summed E-state index contributed by atoms with van der Waals surface area (Å²) in [4.78, 5) is 25.6. The zero-order valence-electron chi connectivity index (χ0n) is 10.6. The van der Waals surface area contributed by atoms with Crippen LogP contribution in [-0.4, -0.2) is 29.1 Å². The second kappa shape index (κ2) is 6.46.